The summed E-state index contributed by atoms with van der Waals surface area (Å²) in [5, 5.41) is 5.62. The Bertz CT molecular complexity index is 552. The quantitative estimate of drug-likeness (QED) is 0.132. The van der Waals surface area contributed by atoms with E-state index in [1.807, 2.05) is 4.90 Å². The van der Waals surface area contributed by atoms with Crippen LogP contribution in [0.15, 0.2) is 12.2 Å². The number of carbonyl (C=O) groups is 3. The third-order valence-corrected chi connectivity index (χ3v) is 6.14. The van der Waals surface area contributed by atoms with Gasteiger partial charge in [0.15, 0.2) is 0 Å². The molecular formula is C29H55N3O3. The smallest absolute Gasteiger partial charge is 0.222 e. The number of rotatable bonds is 23. The van der Waals surface area contributed by atoms with Gasteiger partial charge in [-0.3, -0.25) is 14.4 Å². The van der Waals surface area contributed by atoms with Crippen molar-refractivity contribution in [2.75, 3.05) is 26.2 Å². The molecule has 204 valence electrons. The minimum absolute atomic E-state index is 0.0120. The maximum absolute atomic E-state index is 12.8. The molecule has 2 N–H and O–H groups in total. The molecule has 0 aliphatic heterocycles. The summed E-state index contributed by atoms with van der Waals surface area (Å²) in [6, 6.07) is 0. The largest absolute Gasteiger partial charge is 0.356 e. The molecule has 0 aliphatic rings. The van der Waals surface area contributed by atoms with Gasteiger partial charge in [-0.1, -0.05) is 58.1 Å². The second-order valence-corrected chi connectivity index (χ2v) is 10.2. The summed E-state index contributed by atoms with van der Waals surface area (Å²) in [6.07, 6.45) is 21.0. The van der Waals surface area contributed by atoms with Crippen molar-refractivity contribution < 1.29 is 14.4 Å². The summed E-state index contributed by atoms with van der Waals surface area (Å²) < 4.78 is 0. The third-order valence-electron chi connectivity index (χ3n) is 6.14. The molecule has 6 nitrogen and oxygen atoms in total. The lowest BCUT2D eigenvalue weighted by Gasteiger charge is -2.23. The van der Waals surface area contributed by atoms with Crippen molar-refractivity contribution in [3.05, 3.63) is 12.2 Å². The summed E-state index contributed by atoms with van der Waals surface area (Å²) in [7, 11) is 0. The number of unbranched alkanes of at least 4 members (excludes halogenated alkanes) is 9. The van der Waals surface area contributed by atoms with Gasteiger partial charge < -0.3 is 15.5 Å². The van der Waals surface area contributed by atoms with Crippen molar-refractivity contribution in [3.8, 4) is 0 Å². The highest BCUT2D eigenvalue weighted by Gasteiger charge is 2.12. The van der Waals surface area contributed by atoms with Gasteiger partial charge in [0.25, 0.3) is 0 Å². The Labute approximate surface area is 216 Å². The number of hydrogen-bond donors (Lipinski definition) is 2. The van der Waals surface area contributed by atoms with Crippen LogP contribution in [0.1, 0.15) is 124 Å². The van der Waals surface area contributed by atoms with Crippen LogP contribution in [0.4, 0.5) is 0 Å². The zero-order chi connectivity index (χ0) is 26.2. The molecule has 0 radical (unpaired) electrons. The Hall–Kier alpha value is -1.85. The average molecular weight is 494 g/mol. The molecule has 0 aromatic carbocycles. The first-order chi connectivity index (χ1) is 16.8. The summed E-state index contributed by atoms with van der Waals surface area (Å²) in [5.74, 6) is 1.04. The minimum Gasteiger partial charge on any atom is -0.356 e. The predicted molar refractivity (Wildman–Crippen MR) is 147 cm³/mol. The van der Waals surface area contributed by atoms with E-state index in [1.54, 1.807) is 0 Å². The second-order valence-electron chi connectivity index (χ2n) is 10.2. The van der Waals surface area contributed by atoms with E-state index in [9.17, 15) is 14.4 Å². The summed E-state index contributed by atoms with van der Waals surface area (Å²) >= 11 is 0. The lowest BCUT2D eigenvalue weighted by molar-refractivity contribution is -0.131. The number of carbonyl (C=O) groups excluding carboxylic acids is 3. The fourth-order valence-corrected chi connectivity index (χ4v) is 4.02. The van der Waals surface area contributed by atoms with Crippen LogP contribution in [-0.2, 0) is 14.4 Å². The predicted octanol–water partition coefficient (Wildman–Crippen LogP) is 6.15. The van der Waals surface area contributed by atoms with Gasteiger partial charge in [0.2, 0.25) is 17.7 Å². The van der Waals surface area contributed by atoms with Crippen LogP contribution in [0.2, 0.25) is 0 Å². The Balaban J connectivity index is 4.00. The van der Waals surface area contributed by atoms with Gasteiger partial charge in [-0.2, -0.15) is 0 Å². The number of amides is 3. The van der Waals surface area contributed by atoms with E-state index < -0.39 is 0 Å². The molecule has 35 heavy (non-hydrogen) atoms. The highest BCUT2D eigenvalue weighted by molar-refractivity contribution is 5.76. The van der Waals surface area contributed by atoms with Crippen molar-refractivity contribution in [1.82, 2.24) is 15.5 Å². The van der Waals surface area contributed by atoms with E-state index >= 15 is 0 Å². The average Bonchev–Trinajstić information content (AvgIpc) is 2.79. The second kappa shape index (κ2) is 23.9. The molecule has 0 bridgehead atoms. The molecule has 3 amide bonds. The normalized spacial score (nSPS) is 11.2. The molecule has 0 rings (SSSR count). The molecule has 0 aliphatic carbocycles. The monoisotopic (exact) mass is 493 g/mol. The lowest BCUT2D eigenvalue weighted by Crippen LogP contribution is -2.34. The highest BCUT2D eigenvalue weighted by Crippen LogP contribution is 2.12. The highest BCUT2D eigenvalue weighted by atomic mass is 16.2. The molecule has 0 aromatic heterocycles. The van der Waals surface area contributed by atoms with E-state index in [0.29, 0.717) is 19.5 Å². The summed E-state index contributed by atoms with van der Waals surface area (Å²) in [4.78, 5) is 36.7. The maximum Gasteiger partial charge on any atom is 0.222 e. The number of nitrogens with zero attached hydrogens (tertiary/aromatic N) is 1. The van der Waals surface area contributed by atoms with E-state index in [2.05, 4.69) is 36.6 Å². The molecule has 0 saturated carbocycles. The number of nitrogens with one attached hydrogen (secondary N) is 2. The standard InChI is InChI=1S/C29H55N3O3/c1-26(2)20-14-12-10-8-6-5-7-9-11-13-15-21-29(35)32(24-18-16-22-30-27(3)33)25-19-17-23-31-28(4)34/h7,9,26H,5-6,8,10-25H2,1-4H3,(H,30,33)(H,31,34)/b9-7+. The number of hydrogen-bond acceptors (Lipinski definition) is 3. The van der Waals surface area contributed by atoms with Gasteiger partial charge in [-0.15, -0.1) is 0 Å². The zero-order valence-electron chi connectivity index (χ0n) is 23.3. The molecule has 0 aromatic rings. The van der Waals surface area contributed by atoms with Crippen LogP contribution < -0.4 is 10.6 Å². The third kappa shape index (κ3) is 25.1. The Morgan fingerprint density at radius 3 is 1.66 bits per heavy atom. The van der Waals surface area contributed by atoms with Gasteiger partial charge >= 0.3 is 0 Å². The fourth-order valence-electron chi connectivity index (χ4n) is 4.02. The van der Waals surface area contributed by atoms with Gasteiger partial charge in [-0.05, 0) is 63.7 Å². The van der Waals surface area contributed by atoms with Gasteiger partial charge in [0.05, 0.1) is 0 Å². The molecule has 0 spiro atoms. The molecule has 6 heteroatoms. The molecule has 0 fully saturated rings. The van der Waals surface area contributed by atoms with E-state index in [1.165, 1.54) is 58.8 Å². The molecular weight excluding hydrogens is 438 g/mol. The lowest BCUT2D eigenvalue weighted by atomic mass is 10.0. The van der Waals surface area contributed by atoms with Crippen LogP contribution in [0, 0.1) is 5.92 Å². The van der Waals surface area contributed by atoms with Crippen molar-refractivity contribution >= 4 is 17.7 Å². The Morgan fingerprint density at radius 2 is 1.14 bits per heavy atom. The Morgan fingerprint density at radius 1 is 0.657 bits per heavy atom. The van der Waals surface area contributed by atoms with Gasteiger partial charge in [0.1, 0.15) is 0 Å². The molecule has 0 atom stereocenters. The summed E-state index contributed by atoms with van der Waals surface area (Å²) in [6.45, 7) is 10.4. The van der Waals surface area contributed by atoms with Crippen LogP contribution in [0.5, 0.6) is 0 Å². The molecule has 0 unspecified atom stereocenters. The van der Waals surface area contributed by atoms with Crippen molar-refractivity contribution in [3.63, 3.8) is 0 Å². The zero-order valence-corrected chi connectivity index (χ0v) is 23.3. The first-order valence-corrected chi connectivity index (χ1v) is 14.2. The van der Waals surface area contributed by atoms with Crippen LogP contribution >= 0.6 is 0 Å². The van der Waals surface area contributed by atoms with Crippen LogP contribution in [0.25, 0.3) is 0 Å². The fraction of sp³-hybridized carbons (Fsp3) is 0.828. The first kappa shape index (κ1) is 33.1. The topological polar surface area (TPSA) is 78.5 Å². The van der Waals surface area contributed by atoms with Crippen LogP contribution in [0.3, 0.4) is 0 Å². The maximum atomic E-state index is 12.8. The van der Waals surface area contributed by atoms with E-state index in [4.69, 9.17) is 0 Å². The SMILES string of the molecule is CC(=O)NCCCCN(CCCCNC(C)=O)C(=O)CCCC/C=C/CCCCCCCC(C)C. The van der Waals surface area contributed by atoms with E-state index in [-0.39, 0.29) is 17.7 Å². The Kier molecular flexibility index (Phi) is 22.6. The van der Waals surface area contributed by atoms with Gasteiger partial charge in [0, 0.05) is 46.4 Å². The first-order valence-electron chi connectivity index (χ1n) is 14.2. The summed E-state index contributed by atoms with van der Waals surface area (Å²) in [5.41, 5.74) is 0. The van der Waals surface area contributed by atoms with Crippen LogP contribution in [-0.4, -0.2) is 48.8 Å². The number of allylic oxidation sites excluding steroid dienone is 2. The molecule has 0 heterocycles. The van der Waals surface area contributed by atoms with Gasteiger partial charge in [-0.25, -0.2) is 0 Å². The molecule has 0 saturated heterocycles. The minimum atomic E-state index is -0.0120. The van der Waals surface area contributed by atoms with Crippen molar-refractivity contribution in [2.24, 2.45) is 5.92 Å². The van der Waals surface area contributed by atoms with E-state index in [0.717, 1.165) is 64.0 Å². The van der Waals surface area contributed by atoms with Crippen molar-refractivity contribution in [1.29, 1.82) is 0 Å². The van der Waals surface area contributed by atoms with Crippen molar-refractivity contribution in [2.45, 2.75) is 124 Å².